The normalized spacial score (nSPS) is 19.1. The van der Waals surface area contributed by atoms with Crippen LogP contribution in [0.5, 0.6) is 5.88 Å². The van der Waals surface area contributed by atoms with E-state index in [0.717, 1.165) is 50.6 Å². The maximum Gasteiger partial charge on any atom is 0.217 e. The lowest BCUT2D eigenvalue weighted by molar-refractivity contribution is 0.165. The van der Waals surface area contributed by atoms with Crippen LogP contribution in [0, 0.1) is 5.92 Å². The predicted octanol–water partition coefficient (Wildman–Crippen LogP) is 2.00. The minimum Gasteiger partial charge on any atom is -0.477 e. The summed E-state index contributed by atoms with van der Waals surface area (Å²) >= 11 is 0. The van der Waals surface area contributed by atoms with Gasteiger partial charge in [0.25, 0.3) is 0 Å². The number of ether oxygens (including phenoxy) is 2. The Labute approximate surface area is 109 Å². The second-order valence-corrected chi connectivity index (χ2v) is 4.69. The monoisotopic (exact) mass is 250 g/mol. The summed E-state index contributed by atoms with van der Waals surface area (Å²) in [6.45, 7) is 6.38. The quantitative estimate of drug-likeness (QED) is 0.752. The molecule has 0 saturated carbocycles. The van der Waals surface area contributed by atoms with E-state index < -0.39 is 0 Å². The summed E-state index contributed by atoms with van der Waals surface area (Å²) in [5.74, 6) is 1.27. The number of rotatable bonds is 7. The highest BCUT2D eigenvalue weighted by molar-refractivity contribution is 5.25. The van der Waals surface area contributed by atoms with Crippen molar-refractivity contribution in [2.75, 3.05) is 26.4 Å². The second-order valence-electron chi connectivity index (χ2n) is 4.69. The van der Waals surface area contributed by atoms with Crippen LogP contribution in [0.1, 0.15) is 25.3 Å². The summed E-state index contributed by atoms with van der Waals surface area (Å²) in [5.41, 5.74) is 1.13. The van der Waals surface area contributed by atoms with Gasteiger partial charge in [-0.15, -0.1) is 0 Å². The molecular formula is C14H22N2O2. The van der Waals surface area contributed by atoms with Crippen LogP contribution >= 0.6 is 0 Å². The standard InChI is InChI=1S/C14H22N2O2/c1-2-6-15-9-13-4-3-7-16-14(13)18-11-12-5-8-17-10-12/h3-4,7,12,15H,2,5-6,8-11H2,1H3. The van der Waals surface area contributed by atoms with Crippen molar-refractivity contribution in [1.29, 1.82) is 0 Å². The maximum atomic E-state index is 5.82. The molecule has 0 spiro atoms. The molecule has 1 aromatic heterocycles. The van der Waals surface area contributed by atoms with Crippen LogP contribution in [-0.4, -0.2) is 31.3 Å². The highest BCUT2D eigenvalue weighted by Gasteiger charge is 2.17. The third-order valence-corrected chi connectivity index (χ3v) is 3.07. The van der Waals surface area contributed by atoms with Gasteiger partial charge in [-0.3, -0.25) is 0 Å². The van der Waals surface area contributed by atoms with Crippen molar-refractivity contribution in [3.05, 3.63) is 23.9 Å². The fourth-order valence-electron chi connectivity index (χ4n) is 2.00. The number of nitrogens with zero attached hydrogens (tertiary/aromatic N) is 1. The first-order valence-corrected chi connectivity index (χ1v) is 6.75. The zero-order chi connectivity index (χ0) is 12.6. The van der Waals surface area contributed by atoms with Gasteiger partial charge >= 0.3 is 0 Å². The molecule has 1 unspecified atom stereocenters. The first-order chi connectivity index (χ1) is 8.90. The van der Waals surface area contributed by atoms with Crippen molar-refractivity contribution in [1.82, 2.24) is 10.3 Å². The Morgan fingerprint density at radius 3 is 3.28 bits per heavy atom. The van der Waals surface area contributed by atoms with Crippen LogP contribution < -0.4 is 10.1 Å². The van der Waals surface area contributed by atoms with E-state index in [9.17, 15) is 0 Å². The van der Waals surface area contributed by atoms with Crippen molar-refractivity contribution < 1.29 is 9.47 Å². The summed E-state index contributed by atoms with van der Waals surface area (Å²) in [4.78, 5) is 4.32. The molecule has 1 N–H and O–H groups in total. The molecule has 4 nitrogen and oxygen atoms in total. The van der Waals surface area contributed by atoms with Gasteiger partial charge in [-0.05, 0) is 25.5 Å². The van der Waals surface area contributed by atoms with Crippen LogP contribution in [0.2, 0.25) is 0 Å². The fourth-order valence-corrected chi connectivity index (χ4v) is 2.00. The van der Waals surface area contributed by atoms with Gasteiger partial charge in [0, 0.05) is 30.8 Å². The number of hydrogen-bond acceptors (Lipinski definition) is 4. The molecule has 0 radical (unpaired) electrons. The molecule has 1 fully saturated rings. The molecule has 1 aromatic rings. The third-order valence-electron chi connectivity index (χ3n) is 3.07. The molecule has 1 aliphatic rings. The largest absolute Gasteiger partial charge is 0.477 e. The van der Waals surface area contributed by atoms with E-state index in [0.29, 0.717) is 12.5 Å². The Morgan fingerprint density at radius 2 is 2.50 bits per heavy atom. The molecule has 0 aliphatic carbocycles. The van der Waals surface area contributed by atoms with Gasteiger partial charge in [-0.2, -0.15) is 0 Å². The number of hydrogen-bond donors (Lipinski definition) is 1. The van der Waals surface area contributed by atoms with E-state index in [2.05, 4.69) is 23.3 Å². The topological polar surface area (TPSA) is 43.4 Å². The molecular weight excluding hydrogens is 228 g/mol. The number of aromatic nitrogens is 1. The lowest BCUT2D eigenvalue weighted by Gasteiger charge is -2.13. The zero-order valence-corrected chi connectivity index (χ0v) is 11.0. The summed E-state index contributed by atoms with van der Waals surface area (Å²) in [6, 6.07) is 4.02. The van der Waals surface area contributed by atoms with Gasteiger partial charge < -0.3 is 14.8 Å². The Kier molecular flexibility index (Phi) is 5.42. The van der Waals surface area contributed by atoms with Gasteiger partial charge in [0.05, 0.1) is 13.2 Å². The average molecular weight is 250 g/mol. The molecule has 18 heavy (non-hydrogen) atoms. The Hall–Kier alpha value is -1.13. The minimum absolute atomic E-state index is 0.517. The van der Waals surface area contributed by atoms with Crippen LogP contribution in [0.15, 0.2) is 18.3 Å². The third kappa shape index (κ3) is 3.96. The summed E-state index contributed by atoms with van der Waals surface area (Å²) in [6.07, 6.45) is 4.01. The molecule has 0 bridgehead atoms. The predicted molar refractivity (Wildman–Crippen MR) is 70.7 cm³/mol. The Balaban J connectivity index is 1.85. The first kappa shape index (κ1) is 13.3. The van der Waals surface area contributed by atoms with Crippen LogP contribution in [0.3, 0.4) is 0 Å². The molecule has 2 rings (SSSR count). The van der Waals surface area contributed by atoms with Crippen LogP contribution in [-0.2, 0) is 11.3 Å². The van der Waals surface area contributed by atoms with E-state index in [1.54, 1.807) is 6.20 Å². The SMILES string of the molecule is CCCNCc1cccnc1OCC1CCOC1. The molecule has 0 aromatic carbocycles. The van der Waals surface area contributed by atoms with Gasteiger partial charge in [-0.1, -0.05) is 13.0 Å². The lowest BCUT2D eigenvalue weighted by atomic mass is 10.1. The zero-order valence-electron chi connectivity index (χ0n) is 11.0. The highest BCUT2D eigenvalue weighted by atomic mass is 16.5. The van der Waals surface area contributed by atoms with Gasteiger partial charge in [0.15, 0.2) is 0 Å². The Morgan fingerprint density at radius 1 is 1.56 bits per heavy atom. The fraction of sp³-hybridized carbons (Fsp3) is 0.643. The molecule has 1 aliphatic heterocycles. The molecule has 4 heteroatoms. The van der Waals surface area contributed by atoms with E-state index in [1.807, 2.05) is 6.07 Å². The minimum atomic E-state index is 0.517. The highest BCUT2D eigenvalue weighted by Crippen LogP contribution is 2.18. The average Bonchev–Trinajstić information content (AvgIpc) is 2.91. The van der Waals surface area contributed by atoms with Crippen molar-refractivity contribution in [2.24, 2.45) is 5.92 Å². The van der Waals surface area contributed by atoms with Gasteiger partial charge in [-0.25, -0.2) is 4.98 Å². The molecule has 0 amide bonds. The van der Waals surface area contributed by atoms with Crippen LogP contribution in [0.25, 0.3) is 0 Å². The van der Waals surface area contributed by atoms with E-state index in [4.69, 9.17) is 9.47 Å². The van der Waals surface area contributed by atoms with E-state index in [-0.39, 0.29) is 0 Å². The van der Waals surface area contributed by atoms with Crippen LogP contribution in [0.4, 0.5) is 0 Å². The van der Waals surface area contributed by atoms with Crippen molar-refractivity contribution in [3.63, 3.8) is 0 Å². The number of pyridine rings is 1. The van der Waals surface area contributed by atoms with Crippen molar-refractivity contribution >= 4 is 0 Å². The second kappa shape index (κ2) is 7.34. The Bertz CT molecular complexity index is 351. The summed E-state index contributed by atoms with van der Waals surface area (Å²) in [7, 11) is 0. The van der Waals surface area contributed by atoms with Crippen molar-refractivity contribution in [2.45, 2.75) is 26.3 Å². The molecule has 2 heterocycles. The lowest BCUT2D eigenvalue weighted by Crippen LogP contribution is -2.17. The van der Waals surface area contributed by atoms with E-state index in [1.165, 1.54) is 0 Å². The summed E-state index contributed by atoms with van der Waals surface area (Å²) < 4.78 is 11.2. The number of nitrogens with one attached hydrogen (secondary N) is 1. The van der Waals surface area contributed by atoms with Gasteiger partial charge in [0.1, 0.15) is 0 Å². The molecule has 1 atom stereocenters. The smallest absolute Gasteiger partial charge is 0.217 e. The van der Waals surface area contributed by atoms with E-state index >= 15 is 0 Å². The van der Waals surface area contributed by atoms with Crippen molar-refractivity contribution in [3.8, 4) is 5.88 Å². The van der Waals surface area contributed by atoms with Gasteiger partial charge in [0.2, 0.25) is 5.88 Å². The molecule has 100 valence electrons. The first-order valence-electron chi connectivity index (χ1n) is 6.75. The maximum absolute atomic E-state index is 5.82. The molecule has 1 saturated heterocycles. The summed E-state index contributed by atoms with van der Waals surface area (Å²) in [5, 5.41) is 3.38.